The van der Waals surface area contributed by atoms with Gasteiger partial charge in [0.05, 0.1) is 6.04 Å². The van der Waals surface area contributed by atoms with E-state index >= 15 is 0 Å². The molecule has 0 aliphatic carbocycles. The fourth-order valence-electron chi connectivity index (χ4n) is 2.75. The van der Waals surface area contributed by atoms with Gasteiger partial charge in [0.1, 0.15) is 17.3 Å². The minimum Gasteiger partial charge on any atom is -0.363 e. The monoisotopic (exact) mass is 287 g/mol. The largest absolute Gasteiger partial charge is 0.363 e. The van der Waals surface area contributed by atoms with E-state index in [1.165, 1.54) is 0 Å². The normalized spacial score (nSPS) is 18.3. The smallest absolute Gasteiger partial charge is 0.228 e. The molecule has 0 aromatic carbocycles. The Morgan fingerprint density at radius 2 is 2.05 bits per heavy atom. The van der Waals surface area contributed by atoms with E-state index in [0.717, 1.165) is 48.3 Å². The first kappa shape index (κ1) is 13.9. The Balaban J connectivity index is 1.95. The average Bonchev–Trinajstić information content (AvgIpc) is 3.06. The molecule has 1 fully saturated rings. The minimum atomic E-state index is 0.208. The standard InChI is InChI=1S/C15H21N5O/c1-10-8-14(19(3)4)17-15(16-10)20-7-5-6-13(20)12-9-11(2)21-18-12/h8-9,13H,5-7H2,1-4H3/t13-/m0/s1. The summed E-state index contributed by atoms with van der Waals surface area (Å²) in [5, 5.41) is 4.17. The lowest BCUT2D eigenvalue weighted by Gasteiger charge is -2.24. The Morgan fingerprint density at radius 1 is 1.24 bits per heavy atom. The van der Waals surface area contributed by atoms with Crippen LogP contribution in [0.15, 0.2) is 16.7 Å². The fraction of sp³-hybridized carbons (Fsp3) is 0.533. The van der Waals surface area contributed by atoms with Gasteiger partial charge in [-0.3, -0.25) is 0 Å². The second-order valence-corrected chi connectivity index (χ2v) is 5.78. The highest BCUT2D eigenvalue weighted by molar-refractivity contribution is 5.46. The van der Waals surface area contributed by atoms with E-state index in [1.54, 1.807) is 0 Å². The Morgan fingerprint density at radius 3 is 2.71 bits per heavy atom. The molecule has 1 saturated heterocycles. The van der Waals surface area contributed by atoms with Gasteiger partial charge in [0, 0.05) is 38.5 Å². The summed E-state index contributed by atoms with van der Waals surface area (Å²) < 4.78 is 5.22. The van der Waals surface area contributed by atoms with Gasteiger partial charge in [0.15, 0.2) is 0 Å². The third-order valence-electron chi connectivity index (χ3n) is 3.78. The quantitative estimate of drug-likeness (QED) is 0.864. The minimum absolute atomic E-state index is 0.208. The zero-order valence-corrected chi connectivity index (χ0v) is 13.0. The number of hydrogen-bond donors (Lipinski definition) is 0. The van der Waals surface area contributed by atoms with Crippen molar-refractivity contribution in [2.75, 3.05) is 30.4 Å². The van der Waals surface area contributed by atoms with E-state index < -0.39 is 0 Å². The van der Waals surface area contributed by atoms with Crippen LogP contribution in [0.2, 0.25) is 0 Å². The molecule has 0 N–H and O–H groups in total. The molecule has 1 aliphatic heterocycles. The first-order valence-electron chi connectivity index (χ1n) is 7.27. The van der Waals surface area contributed by atoms with Gasteiger partial charge in [0.25, 0.3) is 0 Å². The van der Waals surface area contributed by atoms with E-state index in [4.69, 9.17) is 4.52 Å². The lowest BCUT2D eigenvalue weighted by molar-refractivity contribution is 0.385. The van der Waals surface area contributed by atoms with Gasteiger partial charge in [-0.05, 0) is 26.7 Å². The predicted molar refractivity (Wildman–Crippen MR) is 81.7 cm³/mol. The first-order valence-corrected chi connectivity index (χ1v) is 7.27. The van der Waals surface area contributed by atoms with Crippen molar-refractivity contribution < 1.29 is 4.52 Å². The van der Waals surface area contributed by atoms with Gasteiger partial charge in [-0.25, -0.2) is 4.98 Å². The SMILES string of the molecule is Cc1cc(N(C)C)nc(N2CCC[C@H]2c2cc(C)on2)n1. The Labute approximate surface area is 124 Å². The summed E-state index contributed by atoms with van der Waals surface area (Å²) in [6.45, 7) is 4.87. The number of hydrogen-bond acceptors (Lipinski definition) is 6. The molecule has 0 radical (unpaired) electrons. The molecule has 0 bridgehead atoms. The van der Waals surface area contributed by atoms with Crippen molar-refractivity contribution >= 4 is 11.8 Å². The summed E-state index contributed by atoms with van der Waals surface area (Å²) in [6, 6.07) is 4.21. The maximum atomic E-state index is 5.22. The number of aromatic nitrogens is 3. The molecule has 1 atom stereocenters. The van der Waals surface area contributed by atoms with Crippen molar-refractivity contribution in [2.24, 2.45) is 0 Å². The van der Waals surface area contributed by atoms with Crippen LogP contribution in [0.25, 0.3) is 0 Å². The molecular weight excluding hydrogens is 266 g/mol. The van der Waals surface area contributed by atoms with Crippen molar-refractivity contribution in [3.8, 4) is 0 Å². The highest BCUT2D eigenvalue weighted by Crippen LogP contribution is 2.34. The maximum Gasteiger partial charge on any atom is 0.228 e. The molecule has 21 heavy (non-hydrogen) atoms. The van der Waals surface area contributed by atoms with Crippen LogP contribution in [-0.4, -0.2) is 35.8 Å². The van der Waals surface area contributed by atoms with Crippen LogP contribution in [0.5, 0.6) is 0 Å². The second-order valence-electron chi connectivity index (χ2n) is 5.78. The van der Waals surface area contributed by atoms with Crippen LogP contribution in [0.3, 0.4) is 0 Å². The van der Waals surface area contributed by atoms with E-state index in [1.807, 2.05) is 45.0 Å². The average molecular weight is 287 g/mol. The van der Waals surface area contributed by atoms with Crippen LogP contribution >= 0.6 is 0 Å². The maximum absolute atomic E-state index is 5.22. The summed E-state index contributed by atoms with van der Waals surface area (Å²) in [6.07, 6.45) is 2.17. The van der Waals surface area contributed by atoms with Gasteiger partial charge in [0.2, 0.25) is 5.95 Å². The number of anilines is 2. The molecular formula is C15H21N5O. The molecule has 3 heterocycles. The van der Waals surface area contributed by atoms with E-state index in [2.05, 4.69) is 20.0 Å². The summed E-state index contributed by atoms with van der Waals surface area (Å²) in [4.78, 5) is 13.5. The van der Waals surface area contributed by atoms with Crippen LogP contribution in [0.4, 0.5) is 11.8 Å². The number of aryl methyl sites for hydroxylation is 2. The van der Waals surface area contributed by atoms with Crippen LogP contribution in [-0.2, 0) is 0 Å². The fourth-order valence-corrected chi connectivity index (χ4v) is 2.75. The van der Waals surface area contributed by atoms with Crippen molar-refractivity contribution in [1.82, 2.24) is 15.1 Å². The lowest BCUT2D eigenvalue weighted by atomic mass is 10.1. The molecule has 0 saturated carbocycles. The van der Waals surface area contributed by atoms with Crippen molar-refractivity contribution in [3.63, 3.8) is 0 Å². The zero-order valence-electron chi connectivity index (χ0n) is 13.0. The molecule has 0 unspecified atom stereocenters. The molecule has 1 aliphatic rings. The van der Waals surface area contributed by atoms with Crippen LogP contribution in [0, 0.1) is 13.8 Å². The van der Waals surface area contributed by atoms with Crippen molar-refractivity contribution in [2.45, 2.75) is 32.7 Å². The Hall–Kier alpha value is -2.11. The molecule has 6 heteroatoms. The summed E-state index contributed by atoms with van der Waals surface area (Å²) >= 11 is 0. The first-order chi connectivity index (χ1) is 10.0. The lowest BCUT2D eigenvalue weighted by Crippen LogP contribution is -2.26. The molecule has 0 spiro atoms. The topological polar surface area (TPSA) is 58.3 Å². The third-order valence-corrected chi connectivity index (χ3v) is 3.78. The van der Waals surface area contributed by atoms with Gasteiger partial charge < -0.3 is 14.3 Å². The summed E-state index contributed by atoms with van der Waals surface area (Å²) in [5.74, 6) is 2.55. The zero-order chi connectivity index (χ0) is 15.0. The molecule has 2 aromatic rings. The molecule has 6 nitrogen and oxygen atoms in total. The van der Waals surface area contributed by atoms with Gasteiger partial charge in [-0.1, -0.05) is 5.16 Å². The van der Waals surface area contributed by atoms with Crippen molar-refractivity contribution in [3.05, 3.63) is 29.3 Å². The third kappa shape index (κ3) is 2.70. The summed E-state index contributed by atoms with van der Waals surface area (Å²) in [7, 11) is 3.99. The molecule has 0 amide bonds. The van der Waals surface area contributed by atoms with E-state index in [9.17, 15) is 0 Å². The predicted octanol–water partition coefficient (Wildman–Crippen LogP) is 2.49. The highest BCUT2D eigenvalue weighted by Gasteiger charge is 2.30. The van der Waals surface area contributed by atoms with E-state index in [0.29, 0.717) is 0 Å². The van der Waals surface area contributed by atoms with Gasteiger partial charge >= 0.3 is 0 Å². The summed E-state index contributed by atoms with van der Waals surface area (Å²) in [5.41, 5.74) is 1.95. The van der Waals surface area contributed by atoms with Gasteiger partial charge in [-0.15, -0.1) is 0 Å². The van der Waals surface area contributed by atoms with Crippen LogP contribution in [0.1, 0.15) is 36.0 Å². The van der Waals surface area contributed by atoms with Crippen LogP contribution < -0.4 is 9.80 Å². The Kier molecular flexibility index (Phi) is 3.53. The Bertz CT molecular complexity index is 637. The van der Waals surface area contributed by atoms with E-state index in [-0.39, 0.29) is 6.04 Å². The molecule has 3 rings (SSSR count). The number of nitrogens with zero attached hydrogens (tertiary/aromatic N) is 5. The van der Waals surface area contributed by atoms with Gasteiger partial charge in [-0.2, -0.15) is 4.98 Å². The highest BCUT2D eigenvalue weighted by atomic mass is 16.5. The molecule has 2 aromatic heterocycles. The number of rotatable bonds is 3. The van der Waals surface area contributed by atoms with Crippen molar-refractivity contribution in [1.29, 1.82) is 0 Å². The molecule has 112 valence electrons. The second kappa shape index (κ2) is 5.35.